The third kappa shape index (κ3) is 4.07. The van der Waals surface area contributed by atoms with E-state index >= 15 is 0 Å². The number of benzene rings is 1. The standard InChI is InChI=1S/C13H18N2O4S/c1-4-7-14-20(18,19)10-5-6-12(15-9(2)3)11(8-10)13(16)17/h4-6,8-9,14-15H,1,7H2,2-3H3,(H,16,17). The summed E-state index contributed by atoms with van der Waals surface area (Å²) >= 11 is 0. The lowest BCUT2D eigenvalue weighted by Gasteiger charge is -2.14. The van der Waals surface area contributed by atoms with Crippen LogP contribution < -0.4 is 10.0 Å². The molecule has 1 aromatic rings. The van der Waals surface area contributed by atoms with Gasteiger partial charge < -0.3 is 10.4 Å². The van der Waals surface area contributed by atoms with Crippen LogP contribution in [-0.4, -0.2) is 32.1 Å². The normalized spacial score (nSPS) is 11.3. The molecule has 0 aliphatic heterocycles. The molecule has 3 N–H and O–H groups in total. The maximum absolute atomic E-state index is 11.9. The summed E-state index contributed by atoms with van der Waals surface area (Å²) in [6, 6.07) is 3.99. The van der Waals surface area contributed by atoms with Crippen LogP contribution in [0.1, 0.15) is 24.2 Å². The second-order valence-corrected chi connectivity index (χ2v) is 6.22. The van der Waals surface area contributed by atoms with Gasteiger partial charge in [-0.1, -0.05) is 6.08 Å². The van der Waals surface area contributed by atoms with Gasteiger partial charge in [-0.25, -0.2) is 17.9 Å². The monoisotopic (exact) mass is 298 g/mol. The number of carboxylic acid groups (broad SMARTS) is 1. The van der Waals surface area contributed by atoms with E-state index < -0.39 is 16.0 Å². The second kappa shape index (κ2) is 6.53. The van der Waals surface area contributed by atoms with Crippen molar-refractivity contribution in [1.82, 2.24) is 4.72 Å². The first-order valence-corrected chi connectivity index (χ1v) is 7.50. The van der Waals surface area contributed by atoms with E-state index in [0.717, 1.165) is 6.07 Å². The predicted molar refractivity (Wildman–Crippen MR) is 77.5 cm³/mol. The van der Waals surface area contributed by atoms with E-state index in [-0.39, 0.29) is 23.0 Å². The number of hydrogen-bond acceptors (Lipinski definition) is 4. The van der Waals surface area contributed by atoms with Gasteiger partial charge >= 0.3 is 5.97 Å². The lowest BCUT2D eigenvalue weighted by atomic mass is 10.1. The van der Waals surface area contributed by atoms with E-state index in [1.54, 1.807) is 0 Å². The number of hydrogen-bond donors (Lipinski definition) is 3. The number of sulfonamides is 1. The Morgan fingerprint density at radius 2 is 2.10 bits per heavy atom. The van der Waals surface area contributed by atoms with Crippen LogP contribution in [0.15, 0.2) is 35.7 Å². The first kappa shape index (κ1) is 16.2. The van der Waals surface area contributed by atoms with Gasteiger partial charge in [0.1, 0.15) is 0 Å². The smallest absolute Gasteiger partial charge is 0.337 e. The molecule has 0 fully saturated rings. The molecule has 20 heavy (non-hydrogen) atoms. The van der Waals surface area contributed by atoms with Crippen molar-refractivity contribution in [3.63, 3.8) is 0 Å². The quantitative estimate of drug-likeness (QED) is 0.665. The lowest BCUT2D eigenvalue weighted by molar-refractivity contribution is 0.0697. The number of rotatable bonds is 7. The molecule has 0 aliphatic rings. The van der Waals surface area contributed by atoms with Crippen molar-refractivity contribution in [2.24, 2.45) is 0 Å². The van der Waals surface area contributed by atoms with E-state index in [2.05, 4.69) is 16.6 Å². The molecule has 0 amide bonds. The van der Waals surface area contributed by atoms with Gasteiger partial charge in [0.05, 0.1) is 10.5 Å². The number of anilines is 1. The molecule has 0 bridgehead atoms. The molecule has 0 unspecified atom stereocenters. The van der Waals surface area contributed by atoms with Crippen LogP contribution in [0, 0.1) is 0 Å². The van der Waals surface area contributed by atoms with Crippen LogP contribution >= 0.6 is 0 Å². The minimum atomic E-state index is -3.74. The van der Waals surface area contributed by atoms with E-state index in [1.807, 2.05) is 13.8 Å². The Hall–Kier alpha value is -1.86. The fourth-order valence-electron chi connectivity index (χ4n) is 1.56. The van der Waals surface area contributed by atoms with Gasteiger partial charge in [0, 0.05) is 18.3 Å². The van der Waals surface area contributed by atoms with Crippen LogP contribution in [0.4, 0.5) is 5.69 Å². The highest BCUT2D eigenvalue weighted by Gasteiger charge is 2.18. The van der Waals surface area contributed by atoms with Crippen molar-refractivity contribution < 1.29 is 18.3 Å². The minimum absolute atomic E-state index is 0.0365. The molecule has 1 aromatic carbocycles. The zero-order valence-electron chi connectivity index (χ0n) is 11.4. The Morgan fingerprint density at radius 3 is 2.60 bits per heavy atom. The van der Waals surface area contributed by atoms with Crippen LogP contribution in [0.5, 0.6) is 0 Å². The summed E-state index contributed by atoms with van der Waals surface area (Å²) in [5.74, 6) is -1.19. The highest BCUT2D eigenvalue weighted by molar-refractivity contribution is 7.89. The Morgan fingerprint density at radius 1 is 1.45 bits per heavy atom. The second-order valence-electron chi connectivity index (χ2n) is 4.45. The van der Waals surface area contributed by atoms with Crippen LogP contribution in [0.2, 0.25) is 0 Å². The number of aromatic carboxylic acids is 1. The highest BCUT2D eigenvalue weighted by atomic mass is 32.2. The van der Waals surface area contributed by atoms with Gasteiger partial charge in [-0.05, 0) is 32.0 Å². The summed E-state index contributed by atoms with van der Waals surface area (Å²) in [7, 11) is -3.74. The average Bonchev–Trinajstić information content (AvgIpc) is 2.35. The number of carbonyl (C=O) groups is 1. The molecular formula is C13H18N2O4S. The molecule has 0 aliphatic carbocycles. The summed E-state index contributed by atoms with van der Waals surface area (Å²) in [5, 5.41) is 12.1. The molecule has 6 nitrogen and oxygen atoms in total. The average molecular weight is 298 g/mol. The summed E-state index contributed by atoms with van der Waals surface area (Å²) in [6.45, 7) is 7.23. The van der Waals surface area contributed by atoms with Crippen LogP contribution in [-0.2, 0) is 10.0 Å². The molecule has 0 radical (unpaired) electrons. The Bertz CT molecular complexity index is 609. The molecule has 7 heteroatoms. The van der Waals surface area contributed by atoms with Crippen molar-refractivity contribution in [1.29, 1.82) is 0 Å². The third-order valence-electron chi connectivity index (χ3n) is 2.39. The molecule has 0 spiro atoms. The first-order valence-electron chi connectivity index (χ1n) is 6.02. The van der Waals surface area contributed by atoms with Gasteiger partial charge in [0.15, 0.2) is 0 Å². The Labute approximate surface area is 118 Å². The topological polar surface area (TPSA) is 95.5 Å². The summed E-state index contributed by atoms with van der Waals surface area (Å²) in [5.41, 5.74) is 0.301. The summed E-state index contributed by atoms with van der Waals surface area (Å²) in [4.78, 5) is 11.1. The SMILES string of the molecule is C=CCNS(=O)(=O)c1ccc(NC(C)C)c(C(=O)O)c1. The van der Waals surface area contributed by atoms with Crippen molar-refractivity contribution in [2.45, 2.75) is 24.8 Å². The van der Waals surface area contributed by atoms with Gasteiger partial charge in [-0.2, -0.15) is 0 Å². The van der Waals surface area contributed by atoms with Gasteiger partial charge in [-0.15, -0.1) is 6.58 Å². The predicted octanol–water partition coefficient (Wildman–Crippen LogP) is 1.67. The molecule has 1 rings (SSSR count). The van der Waals surface area contributed by atoms with E-state index in [0.29, 0.717) is 5.69 Å². The molecular weight excluding hydrogens is 280 g/mol. The largest absolute Gasteiger partial charge is 0.478 e. The van der Waals surface area contributed by atoms with E-state index in [9.17, 15) is 18.3 Å². The Balaban J connectivity index is 3.23. The van der Waals surface area contributed by atoms with Crippen molar-refractivity contribution in [3.05, 3.63) is 36.4 Å². The lowest BCUT2D eigenvalue weighted by Crippen LogP contribution is -2.24. The number of nitrogens with one attached hydrogen (secondary N) is 2. The molecule has 110 valence electrons. The summed E-state index contributed by atoms with van der Waals surface area (Å²) < 4.78 is 26.1. The zero-order chi connectivity index (χ0) is 15.3. The number of carboxylic acids is 1. The van der Waals surface area contributed by atoms with Crippen molar-refractivity contribution in [3.8, 4) is 0 Å². The molecule has 0 saturated heterocycles. The highest BCUT2D eigenvalue weighted by Crippen LogP contribution is 2.21. The fourth-order valence-corrected chi connectivity index (χ4v) is 2.58. The maximum Gasteiger partial charge on any atom is 0.337 e. The van der Waals surface area contributed by atoms with E-state index in [4.69, 9.17) is 0 Å². The Kier molecular flexibility index (Phi) is 5.29. The van der Waals surface area contributed by atoms with Gasteiger partial charge in [-0.3, -0.25) is 0 Å². The fraction of sp³-hybridized carbons (Fsp3) is 0.308. The molecule has 0 heterocycles. The molecule has 0 aromatic heterocycles. The van der Waals surface area contributed by atoms with Gasteiger partial charge in [0.2, 0.25) is 10.0 Å². The van der Waals surface area contributed by atoms with Crippen molar-refractivity contribution >= 4 is 21.7 Å². The van der Waals surface area contributed by atoms with Crippen molar-refractivity contribution in [2.75, 3.05) is 11.9 Å². The minimum Gasteiger partial charge on any atom is -0.478 e. The van der Waals surface area contributed by atoms with E-state index in [1.165, 1.54) is 18.2 Å². The molecule has 0 atom stereocenters. The molecule has 0 saturated carbocycles. The maximum atomic E-state index is 11.9. The van der Waals surface area contributed by atoms with Gasteiger partial charge in [0.25, 0.3) is 0 Å². The van der Waals surface area contributed by atoms with Crippen LogP contribution in [0.3, 0.4) is 0 Å². The zero-order valence-corrected chi connectivity index (χ0v) is 12.2. The first-order chi connectivity index (χ1) is 9.27. The van der Waals surface area contributed by atoms with Crippen LogP contribution in [0.25, 0.3) is 0 Å². The summed E-state index contributed by atoms with van der Waals surface area (Å²) in [6.07, 6.45) is 1.41. The third-order valence-corrected chi connectivity index (χ3v) is 3.81.